The van der Waals surface area contributed by atoms with Gasteiger partial charge in [0, 0.05) is 45.1 Å². The van der Waals surface area contributed by atoms with Crippen LogP contribution in [0.5, 0.6) is 0 Å². The number of nitrogens with one attached hydrogen (secondary N) is 1. The van der Waals surface area contributed by atoms with Gasteiger partial charge in [0.25, 0.3) is 5.91 Å². The van der Waals surface area contributed by atoms with Crippen LogP contribution in [0.2, 0.25) is 0 Å². The Labute approximate surface area is 175 Å². The summed E-state index contributed by atoms with van der Waals surface area (Å²) in [5.41, 5.74) is 0.999. The van der Waals surface area contributed by atoms with E-state index in [1.165, 1.54) is 11.3 Å². The maximum Gasteiger partial charge on any atom is 0.264 e. The van der Waals surface area contributed by atoms with Crippen LogP contribution in [0.15, 0.2) is 11.4 Å². The molecule has 2 bridgehead atoms. The van der Waals surface area contributed by atoms with Gasteiger partial charge in [0.2, 0.25) is 11.8 Å². The van der Waals surface area contributed by atoms with Crippen molar-refractivity contribution in [1.29, 1.82) is 0 Å². The highest BCUT2D eigenvalue weighted by molar-refractivity contribution is 7.12. The first-order valence-electron chi connectivity index (χ1n) is 10.4. The average molecular weight is 420 g/mol. The number of methoxy groups -OCH3 is 1. The van der Waals surface area contributed by atoms with Crippen LogP contribution in [0.4, 0.5) is 0 Å². The first-order valence-corrected chi connectivity index (χ1v) is 11.3. The molecule has 0 aromatic carbocycles. The average Bonchev–Trinajstić information content (AvgIpc) is 3.14. The third-order valence-corrected chi connectivity index (χ3v) is 7.56. The number of amides is 3. The lowest BCUT2D eigenvalue weighted by Gasteiger charge is -2.55. The zero-order chi connectivity index (χ0) is 20.5. The summed E-state index contributed by atoms with van der Waals surface area (Å²) >= 11 is 1.47. The number of piperidine rings is 3. The molecule has 0 aliphatic carbocycles. The summed E-state index contributed by atoms with van der Waals surface area (Å²) < 4.78 is 5.04. The number of thiophene rings is 1. The number of aryl methyl sites for hydroxylation is 1. The Morgan fingerprint density at radius 1 is 1.31 bits per heavy atom. The molecular formula is C21H29N3O4S. The van der Waals surface area contributed by atoms with E-state index in [0.29, 0.717) is 32.7 Å². The van der Waals surface area contributed by atoms with Crippen LogP contribution >= 0.6 is 11.3 Å². The normalized spacial score (nSPS) is 28.8. The molecule has 3 aliphatic rings. The van der Waals surface area contributed by atoms with Gasteiger partial charge in [-0.2, -0.15) is 0 Å². The minimum Gasteiger partial charge on any atom is -0.383 e. The van der Waals surface area contributed by atoms with Crippen molar-refractivity contribution in [2.45, 2.75) is 44.7 Å². The zero-order valence-electron chi connectivity index (χ0n) is 17.1. The molecule has 4 rings (SSSR count). The zero-order valence-corrected chi connectivity index (χ0v) is 17.9. The fourth-order valence-corrected chi connectivity index (χ4v) is 6.17. The van der Waals surface area contributed by atoms with Gasteiger partial charge in [-0.1, -0.05) is 0 Å². The monoisotopic (exact) mass is 419 g/mol. The number of ether oxygens (including phenoxy) is 1. The molecule has 3 aliphatic heterocycles. The SMILES string of the molecule is COCCNC(=O)[C@H]1[C@H]2C[C@H](CN(C(=O)c3sccc3C)C2)[C@@H]2CCCC(=O)N21. The fourth-order valence-electron chi connectivity index (χ4n) is 5.28. The van der Waals surface area contributed by atoms with E-state index in [-0.39, 0.29) is 35.6 Å². The second-order valence-electron chi connectivity index (χ2n) is 8.39. The summed E-state index contributed by atoms with van der Waals surface area (Å²) in [7, 11) is 1.60. The lowest BCUT2D eigenvalue weighted by molar-refractivity contribution is -0.159. The molecule has 4 atom stereocenters. The number of hydrogen-bond donors (Lipinski definition) is 1. The number of carbonyl (C=O) groups is 3. The van der Waals surface area contributed by atoms with Crippen LogP contribution in [0.3, 0.4) is 0 Å². The molecule has 4 heterocycles. The summed E-state index contributed by atoms with van der Waals surface area (Å²) in [5, 5.41) is 4.88. The van der Waals surface area contributed by atoms with Crippen LogP contribution in [0.1, 0.15) is 40.9 Å². The van der Waals surface area contributed by atoms with Gasteiger partial charge in [0.15, 0.2) is 0 Å². The largest absolute Gasteiger partial charge is 0.383 e. The molecule has 3 fully saturated rings. The van der Waals surface area contributed by atoms with Crippen molar-refractivity contribution in [1.82, 2.24) is 15.1 Å². The topological polar surface area (TPSA) is 79.0 Å². The Morgan fingerprint density at radius 2 is 2.10 bits per heavy atom. The van der Waals surface area contributed by atoms with Gasteiger partial charge < -0.3 is 19.9 Å². The number of nitrogens with zero attached hydrogens (tertiary/aromatic N) is 2. The highest BCUT2D eigenvalue weighted by Gasteiger charge is 2.52. The summed E-state index contributed by atoms with van der Waals surface area (Å²) in [6.45, 7) is 4.00. The van der Waals surface area contributed by atoms with E-state index in [9.17, 15) is 14.4 Å². The maximum absolute atomic E-state index is 13.2. The smallest absolute Gasteiger partial charge is 0.264 e. The molecule has 158 valence electrons. The van der Waals surface area contributed by atoms with Crippen molar-refractivity contribution in [3.05, 3.63) is 21.9 Å². The van der Waals surface area contributed by atoms with E-state index in [4.69, 9.17) is 4.74 Å². The van der Waals surface area contributed by atoms with Crippen molar-refractivity contribution in [3.8, 4) is 0 Å². The number of rotatable bonds is 5. The van der Waals surface area contributed by atoms with E-state index in [1.807, 2.05) is 28.2 Å². The highest BCUT2D eigenvalue weighted by atomic mass is 32.1. The minimum atomic E-state index is -0.499. The summed E-state index contributed by atoms with van der Waals surface area (Å²) in [6.07, 6.45) is 3.17. The summed E-state index contributed by atoms with van der Waals surface area (Å²) in [4.78, 5) is 43.6. The van der Waals surface area contributed by atoms with E-state index < -0.39 is 6.04 Å². The molecule has 0 unspecified atom stereocenters. The minimum absolute atomic E-state index is 0.0289. The Balaban J connectivity index is 1.59. The van der Waals surface area contributed by atoms with Gasteiger partial charge in [0.05, 0.1) is 11.5 Å². The van der Waals surface area contributed by atoms with Gasteiger partial charge in [0.1, 0.15) is 6.04 Å². The molecule has 1 aromatic heterocycles. The van der Waals surface area contributed by atoms with E-state index >= 15 is 0 Å². The fraction of sp³-hybridized carbons (Fsp3) is 0.667. The molecule has 3 amide bonds. The van der Waals surface area contributed by atoms with E-state index in [2.05, 4.69) is 5.32 Å². The standard InChI is InChI=1S/C21H29N3O4S/c1-13-6-9-29-19(13)21(27)23-11-14-10-15(12-23)18(20(26)22-7-8-28-2)24-16(14)4-3-5-17(24)25/h6,9,14-16,18H,3-5,7-8,10-12H2,1-2H3,(H,22,26)/t14-,15+,16+,18-/m1/s1. The number of carbonyl (C=O) groups excluding carboxylic acids is 3. The maximum atomic E-state index is 13.2. The molecule has 0 saturated carbocycles. The number of likely N-dealkylation sites (tertiary alicyclic amines) is 1. The predicted molar refractivity (Wildman–Crippen MR) is 110 cm³/mol. The molecule has 7 nitrogen and oxygen atoms in total. The van der Waals surface area contributed by atoms with Gasteiger partial charge in [-0.05, 0) is 49.1 Å². The molecule has 1 N–H and O–H groups in total. The second-order valence-corrected chi connectivity index (χ2v) is 9.30. The Morgan fingerprint density at radius 3 is 2.83 bits per heavy atom. The van der Waals surface area contributed by atoms with Crippen molar-refractivity contribution in [2.75, 3.05) is 33.4 Å². The number of fused-ring (bicyclic) bond motifs is 4. The molecule has 3 saturated heterocycles. The third kappa shape index (κ3) is 3.80. The molecule has 0 spiro atoms. The van der Waals surface area contributed by atoms with Gasteiger partial charge in [-0.25, -0.2) is 0 Å². The van der Waals surface area contributed by atoms with Crippen molar-refractivity contribution in [3.63, 3.8) is 0 Å². The van der Waals surface area contributed by atoms with Crippen LogP contribution in [0, 0.1) is 18.8 Å². The molecule has 29 heavy (non-hydrogen) atoms. The van der Waals surface area contributed by atoms with Crippen LogP contribution in [-0.2, 0) is 14.3 Å². The van der Waals surface area contributed by atoms with Crippen molar-refractivity contribution >= 4 is 29.1 Å². The van der Waals surface area contributed by atoms with Gasteiger partial charge >= 0.3 is 0 Å². The molecule has 1 aromatic rings. The first-order chi connectivity index (χ1) is 14.0. The van der Waals surface area contributed by atoms with Crippen molar-refractivity contribution < 1.29 is 19.1 Å². The quantitative estimate of drug-likeness (QED) is 0.737. The number of hydrogen-bond acceptors (Lipinski definition) is 5. The second kappa shape index (κ2) is 8.44. The van der Waals surface area contributed by atoms with Gasteiger partial charge in [-0.15, -0.1) is 11.3 Å². The summed E-state index contributed by atoms with van der Waals surface area (Å²) in [5.74, 6) is 0.231. The van der Waals surface area contributed by atoms with E-state index in [0.717, 1.165) is 29.7 Å². The Bertz CT molecular complexity index is 795. The van der Waals surface area contributed by atoms with Crippen LogP contribution < -0.4 is 5.32 Å². The van der Waals surface area contributed by atoms with Crippen LogP contribution in [-0.4, -0.2) is 73.0 Å². The van der Waals surface area contributed by atoms with Crippen molar-refractivity contribution in [2.24, 2.45) is 11.8 Å². The Hall–Kier alpha value is -1.93. The highest BCUT2D eigenvalue weighted by Crippen LogP contribution is 2.42. The lowest BCUT2D eigenvalue weighted by atomic mass is 9.71. The third-order valence-electron chi connectivity index (χ3n) is 6.56. The van der Waals surface area contributed by atoms with Crippen LogP contribution in [0.25, 0.3) is 0 Å². The Kier molecular flexibility index (Phi) is 5.92. The first kappa shape index (κ1) is 20.3. The predicted octanol–water partition coefficient (Wildman–Crippen LogP) is 1.66. The van der Waals surface area contributed by atoms with Gasteiger partial charge in [-0.3, -0.25) is 14.4 Å². The summed E-state index contributed by atoms with van der Waals surface area (Å²) in [6, 6.07) is 1.52. The molecular weight excluding hydrogens is 390 g/mol. The lowest BCUT2D eigenvalue weighted by Crippen LogP contribution is -2.68. The van der Waals surface area contributed by atoms with E-state index in [1.54, 1.807) is 7.11 Å². The molecule has 0 radical (unpaired) electrons. The molecule has 8 heteroatoms.